The van der Waals surface area contributed by atoms with Crippen molar-refractivity contribution in [2.24, 2.45) is 0 Å². The summed E-state index contributed by atoms with van der Waals surface area (Å²) in [5.41, 5.74) is 2.13. The van der Waals surface area contributed by atoms with E-state index in [1.165, 1.54) is 12.1 Å². The van der Waals surface area contributed by atoms with Crippen molar-refractivity contribution >= 4 is 11.6 Å². The van der Waals surface area contributed by atoms with Crippen LogP contribution in [0.2, 0.25) is 0 Å². The lowest BCUT2D eigenvalue weighted by Crippen LogP contribution is -2.39. The van der Waals surface area contributed by atoms with Gasteiger partial charge in [-0.2, -0.15) is 5.26 Å². The molecule has 0 aliphatic carbocycles. The van der Waals surface area contributed by atoms with Crippen LogP contribution in [0, 0.1) is 17.1 Å². The van der Waals surface area contributed by atoms with E-state index in [0.29, 0.717) is 17.8 Å². The highest BCUT2D eigenvalue weighted by atomic mass is 19.1. The number of likely N-dealkylation sites (N-methyl/N-ethyl adjacent to an activating group) is 1. The zero-order valence-electron chi connectivity index (χ0n) is 13.1. The third kappa shape index (κ3) is 4.63. The Morgan fingerprint density at radius 1 is 1.22 bits per heavy atom. The van der Waals surface area contributed by atoms with Crippen LogP contribution in [0.3, 0.4) is 0 Å². The van der Waals surface area contributed by atoms with E-state index in [-0.39, 0.29) is 17.8 Å². The summed E-state index contributed by atoms with van der Waals surface area (Å²) in [5.74, 6) is -0.415. The number of hydrogen-bond donors (Lipinski definition) is 1. The van der Waals surface area contributed by atoms with E-state index in [9.17, 15) is 9.18 Å². The first-order valence-electron chi connectivity index (χ1n) is 7.25. The number of nitriles is 1. The molecule has 0 aliphatic heterocycles. The predicted molar refractivity (Wildman–Crippen MR) is 87.1 cm³/mol. The molecular weight excluding hydrogens is 293 g/mol. The molecule has 0 bridgehead atoms. The van der Waals surface area contributed by atoms with Gasteiger partial charge >= 0.3 is 0 Å². The summed E-state index contributed by atoms with van der Waals surface area (Å²) in [6, 6.07) is 14.6. The second-order valence-electron chi connectivity index (χ2n) is 5.40. The molecule has 5 heteroatoms. The van der Waals surface area contributed by atoms with Crippen molar-refractivity contribution in [3.05, 3.63) is 65.5 Å². The van der Waals surface area contributed by atoms with Crippen molar-refractivity contribution in [1.82, 2.24) is 4.90 Å². The van der Waals surface area contributed by atoms with E-state index >= 15 is 0 Å². The Morgan fingerprint density at radius 2 is 1.83 bits per heavy atom. The molecule has 0 heterocycles. The Kier molecular flexibility index (Phi) is 5.45. The molecule has 2 rings (SSSR count). The molecule has 2 aromatic rings. The molecule has 0 aromatic heterocycles. The highest BCUT2D eigenvalue weighted by Crippen LogP contribution is 2.12. The molecule has 1 atom stereocenters. The number of benzene rings is 2. The number of nitrogens with one attached hydrogen (secondary N) is 1. The Bertz CT molecular complexity index is 705. The smallest absolute Gasteiger partial charge is 0.241 e. The van der Waals surface area contributed by atoms with Gasteiger partial charge in [0.15, 0.2) is 0 Å². The van der Waals surface area contributed by atoms with Crippen molar-refractivity contribution < 1.29 is 9.18 Å². The number of nitrogens with zero attached hydrogens (tertiary/aromatic N) is 2. The molecular formula is C18H18FN3O. The summed E-state index contributed by atoms with van der Waals surface area (Å²) in [5, 5.41) is 11.6. The lowest BCUT2D eigenvalue weighted by molar-refractivity contribution is -0.120. The SMILES string of the molecule is C[C@@H](C(=O)Nc1ccc(C#N)cc1)N(C)Cc1ccc(F)cc1. The van der Waals surface area contributed by atoms with Crippen LogP contribution in [0.25, 0.3) is 0 Å². The maximum Gasteiger partial charge on any atom is 0.241 e. The lowest BCUT2D eigenvalue weighted by atomic mass is 10.1. The molecule has 0 unspecified atom stereocenters. The van der Waals surface area contributed by atoms with Gasteiger partial charge in [0.1, 0.15) is 5.82 Å². The van der Waals surface area contributed by atoms with Gasteiger partial charge in [0.05, 0.1) is 17.7 Å². The van der Waals surface area contributed by atoms with Crippen LogP contribution >= 0.6 is 0 Å². The monoisotopic (exact) mass is 311 g/mol. The fraction of sp³-hybridized carbons (Fsp3) is 0.222. The van der Waals surface area contributed by atoms with Crippen LogP contribution in [0.4, 0.5) is 10.1 Å². The summed E-state index contributed by atoms with van der Waals surface area (Å²) in [7, 11) is 1.84. The van der Waals surface area contributed by atoms with Crippen LogP contribution in [0.5, 0.6) is 0 Å². The van der Waals surface area contributed by atoms with Crippen molar-refractivity contribution in [1.29, 1.82) is 5.26 Å². The standard InChI is InChI=1S/C18H18FN3O/c1-13(22(2)12-15-3-7-16(19)8-4-15)18(23)21-17-9-5-14(11-20)6-10-17/h3-10,13H,12H2,1-2H3,(H,21,23)/t13-/m0/s1. The van der Waals surface area contributed by atoms with Crippen LogP contribution in [-0.4, -0.2) is 23.9 Å². The zero-order valence-corrected chi connectivity index (χ0v) is 13.1. The maximum atomic E-state index is 12.9. The molecule has 23 heavy (non-hydrogen) atoms. The molecule has 2 aromatic carbocycles. The van der Waals surface area contributed by atoms with Gasteiger partial charge < -0.3 is 5.32 Å². The average Bonchev–Trinajstić information content (AvgIpc) is 2.56. The third-order valence-corrected chi connectivity index (χ3v) is 3.67. The van der Waals surface area contributed by atoms with E-state index in [1.54, 1.807) is 36.4 Å². The number of rotatable bonds is 5. The van der Waals surface area contributed by atoms with Gasteiger partial charge in [0, 0.05) is 12.2 Å². The number of amides is 1. The predicted octanol–water partition coefficient (Wildman–Crippen LogP) is 3.16. The van der Waals surface area contributed by atoms with Crippen LogP contribution in [0.15, 0.2) is 48.5 Å². The van der Waals surface area contributed by atoms with Crippen molar-refractivity contribution in [3.8, 4) is 6.07 Å². The Morgan fingerprint density at radius 3 is 2.39 bits per heavy atom. The van der Waals surface area contributed by atoms with Crippen molar-refractivity contribution in [3.63, 3.8) is 0 Å². The quantitative estimate of drug-likeness (QED) is 0.923. The first kappa shape index (κ1) is 16.7. The highest BCUT2D eigenvalue weighted by Gasteiger charge is 2.18. The first-order chi connectivity index (χ1) is 11.0. The van der Waals surface area contributed by atoms with Gasteiger partial charge in [-0.25, -0.2) is 4.39 Å². The van der Waals surface area contributed by atoms with E-state index in [4.69, 9.17) is 5.26 Å². The summed E-state index contributed by atoms with van der Waals surface area (Å²) < 4.78 is 12.9. The van der Waals surface area contributed by atoms with Crippen LogP contribution in [0.1, 0.15) is 18.1 Å². The van der Waals surface area contributed by atoms with Gasteiger partial charge in [-0.15, -0.1) is 0 Å². The Balaban J connectivity index is 1.95. The largest absolute Gasteiger partial charge is 0.325 e. The number of carbonyl (C=O) groups is 1. The summed E-state index contributed by atoms with van der Waals surface area (Å²) in [6.45, 7) is 2.35. The normalized spacial score (nSPS) is 11.8. The molecule has 4 nitrogen and oxygen atoms in total. The Labute approximate surface area is 135 Å². The zero-order chi connectivity index (χ0) is 16.8. The molecule has 0 aliphatic rings. The fourth-order valence-corrected chi connectivity index (χ4v) is 2.09. The summed E-state index contributed by atoms with van der Waals surface area (Å²) in [4.78, 5) is 14.2. The lowest BCUT2D eigenvalue weighted by Gasteiger charge is -2.24. The van der Waals surface area contributed by atoms with Crippen molar-refractivity contribution in [2.75, 3.05) is 12.4 Å². The van der Waals surface area contributed by atoms with E-state index in [0.717, 1.165) is 5.56 Å². The summed E-state index contributed by atoms with van der Waals surface area (Å²) in [6.07, 6.45) is 0. The molecule has 1 N–H and O–H groups in total. The summed E-state index contributed by atoms with van der Waals surface area (Å²) >= 11 is 0. The number of hydrogen-bond acceptors (Lipinski definition) is 3. The molecule has 0 saturated heterocycles. The van der Waals surface area contributed by atoms with E-state index in [2.05, 4.69) is 5.32 Å². The maximum absolute atomic E-state index is 12.9. The molecule has 1 amide bonds. The second-order valence-corrected chi connectivity index (χ2v) is 5.40. The third-order valence-electron chi connectivity index (χ3n) is 3.67. The van der Waals surface area contributed by atoms with Gasteiger partial charge in [0.25, 0.3) is 0 Å². The number of carbonyl (C=O) groups excluding carboxylic acids is 1. The average molecular weight is 311 g/mol. The van der Waals surface area contributed by atoms with Crippen LogP contribution < -0.4 is 5.32 Å². The molecule has 0 radical (unpaired) electrons. The Hall–Kier alpha value is -2.71. The van der Waals surface area contributed by atoms with Gasteiger partial charge in [-0.05, 0) is 55.9 Å². The number of anilines is 1. The van der Waals surface area contributed by atoms with E-state index < -0.39 is 0 Å². The number of halogens is 1. The molecule has 0 saturated carbocycles. The molecule has 118 valence electrons. The van der Waals surface area contributed by atoms with Crippen LogP contribution in [-0.2, 0) is 11.3 Å². The minimum Gasteiger partial charge on any atom is -0.325 e. The highest BCUT2D eigenvalue weighted by molar-refractivity contribution is 5.94. The van der Waals surface area contributed by atoms with E-state index in [1.807, 2.05) is 24.9 Å². The van der Waals surface area contributed by atoms with Crippen molar-refractivity contribution in [2.45, 2.75) is 19.5 Å². The minimum atomic E-state index is -0.351. The first-order valence-corrected chi connectivity index (χ1v) is 7.25. The fourth-order valence-electron chi connectivity index (χ4n) is 2.09. The minimum absolute atomic E-state index is 0.140. The van der Waals surface area contributed by atoms with Gasteiger partial charge in [-0.3, -0.25) is 9.69 Å². The van der Waals surface area contributed by atoms with Gasteiger partial charge in [-0.1, -0.05) is 12.1 Å². The molecule has 0 fully saturated rings. The van der Waals surface area contributed by atoms with Gasteiger partial charge in [0.2, 0.25) is 5.91 Å². The second kappa shape index (κ2) is 7.52. The molecule has 0 spiro atoms. The topological polar surface area (TPSA) is 56.1 Å².